The van der Waals surface area contributed by atoms with Crippen molar-refractivity contribution >= 4 is 5.97 Å². The summed E-state index contributed by atoms with van der Waals surface area (Å²) in [6.45, 7) is 5.57. The van der Waals surface area contributed by atoms with Gasteiger partial charge in [-0.1, -0.05) is 13.8 Å². The molecular formula is C12H16N4O2. The Labute approximate surface area is 105 Å². The van der Waals surface area contributed by atoms with Crippen LogP contribution in [0.3, 0.4) is 0 Å². The van der Waals surface area contributed by atoms with E-state index < -0.39 is 5.97 Å². The highest BCUT2D eigenvalue weighted by Crippen LogP contribution is 2.06. The molecule has 0 spiro atoms. The second kappa shape index (κ2) is 5.03. The maximum absolute atomic E-state index is 10.8. The van der Waals surface area contributed by atoms with Crippen LogP contribution >= 0.6 is 0 Å². The number of nitrogens with zero attached hydrogens (tertiary/aromatic N) is 4. The van der Waals surface area contributed by atoms with E-state index in [2.05, 4.69) is 23.9 Å². The van der Waals surface area contributed by atoms with Crippen molar-refractivity contribution in [3.8, 4) is 0 Å². The molecule has 0 saturated carbocycles. The smallest absolute Gasteiger partial charge is 0.337 e. The van der Waals surface area contributed by atoms with Crippen LogP contribution in [0.15, 0.2) is 24.8 Å². The van der Waals surface area contributed by atoms with Gasteiger partial charge in [-0.2, -0.15) is 5.10 Å². The topological polar surface area (TPSA) is 72.9 Å². The molecule has 0 radical (unpaired) electrons. The molecular weight excluding hydrogens is 232 g/mol. The monoisotopic (exact) mass is 248 g/mol. The lowest BCUT2D eigenvalue weighted by Gasteiger charge is -2.08. The lowest BCUT2D eigenvalue weighted by Crippen LogP contribution is -2.12. The van der Waals surface area contributed by atoms with E-state index in [0.29, 0.717) is 12.5 Å². The minimum absolute atomic E-state index is 0.282. The number of carboxylic acids is 1. The first-order chi connectivity index (χ1) is 8.56. The van der Waals surface area contributed by atoms with Crippen LogP contribution in [0.5, 0.6) is 0 Å². The van der Waals surface area contributed by atoms with Crippen molar-refractivity contribution in [2.24, 2.45) is 5.92 Å². The third-order valence-corrected chi connectivity index (χ3v) is 2.56. The Hall–Kier alpha value is -2.11. The molecule has 2 aromatic rings. The summed E-state index contributed by atoms with van der Waals surface area (Å²) in [6.07, 6.45) is 4.86. The van der Waals surface area contributed by atoms with E-state index in [-0.39, 0.29) is 5.56 Å². The van der Waals surface area contributed by atoms with Crippen LogP contribution in [0, 0.1) is 5.92 Å². The molecule has 0 aliphatic carbocycles. The summed E-state index contributed by atoms with van der Waals surface area (Å²) in [6, 6.07) is 1.57. The van der Waals surface area contributed by atoms with E-state index in [1.54, 1.807) is 23.0 Å². The van der Waals surface area contributed by atoms with Gasteiger partial charge in [-0.15, -0.1) is 0 Å². The predicted molar refractivity (Wildman–Crippen MR) is 65.4 cm³/mol. The van der Waals surface area contributed by atoms with Gasteiger partial charge < -0.3 is 9.67 Å². The van der Waals surface area contributed by atoms with Gasteiger partial charge in [0, 0.05) is 18.9 Å². The van der Waals surface area contributed by atoms with Crippen LogP contribution in [-0.4, -0.2) is 30.4 Å². The van der Waals surface area contributed by atoms with Crippen molar-refractivity contribution in [2.45, 2.75) is 26.9 Å². The van der Waals surface area contributed by atoms with Crippen LogP contribution in [0.4, 0.5) is 0 Å². The number of rotatable bonds is 5. The summed E-state index contributed by atoms with van der Waals surface area (Å²) in [4.78, 5) is 15.0. The van der Waals surface area contributed by atoms with Crippen molar-refractivity contribution in [3.05, 3.63) is 36.2 Å². The highest BCUT2D eigenvalue weighted by atomic mass is 16.4. The molecule has 18 heavy (non-hydrogen) atoms. The molecule has 0 amide bonds. The van der Waals surface area contributed by atoms with Gasteiger partial charge in [0.15, 0.2) is 0 Å². The molecule has 2 heterocycles. The molecule has 0 saturated heterocycles. The number of carboxylic acid groups (broad SMARTS) is 1. The summed E-state index contributed by atoms with van der Waals surface area (Å²) < 4.78 is 3.65. The Morgan fingerprint density at radius 3 is 2.89 bits per heavy atom. The summed E-state index contributed by atoms with van der Waals surface area (Å²) in [7, 11) is 0. The SMILES string of the molecule is CC(C)Cn1ncnc1Cn1ccc(C(=O)O)c1. The van der Waals surface area contributed by atoms with E-state index in [9.17, 15) is 4.79 Å². The number of aromatic nitrogens is 4. The largest absolute Gasteiger partial charge is 0.478 e. The zero-order chi connectivity index (χ0) is 13.1. The van der Waals surface area contributed by atoms with Crippen molar-refractivity contribution in [1.82, 2.24) is 19.3 Å². The van der Waals surface area contributed by atoms with Gasteiger partial charge in [0.25, 0.3) is 0 Å². The molecule has 2 aromatic heterocycles. The normalized spacial score (nSPS) is 11.1. The Balaban J connectivity index is 2.13. The van der Waals surface area contributed by atoms with Crippen molar-refractivity contribution in [1.29, 1.82) is 0 Å². The molecule has 6 heteroatoms. The molecule has 96 valence electrons. The Bertz CT molecular complexity index is 542. The van der Waals surface area contributed by atoms with Gasteiger partial charge in [0.1, 0.15) is 12.2 Å². The highest BCUT2D eigenvalue weighted by Gasteiger charge is 2.09. The first-order valence-corrected chi connectivity index (χ1v) is 5.82. The molecule has 0 atom stereocenters. The van der Waals surface area contributed by atoms with Crippen LogP contribution in [0.2, 0.25) is 0 Å². The van der Waals surface area contributed by atoms with E-state index >= 15 is 0 Å². The Kier molecular flexibility index (Phi) is 3.45. The molecule has 6 nitrogen and oxygen atoms in total. The zero-order valence-corrected chi connectivity index (χ0v) is 10.4. The van der Waals surface area contributed by atoms with Crippen molar-refractivity contribution < 1.29 is 9.90 Å². The molecule has 2 rings (SSSR count). The van der Waals surface area contributed by atoms with E-state index in [4.69, 9.17) is 5.11 Å². The first kappa shape index (κ1) is 12.3. The van der Waals surface area contributed by atoms with Gasteiger partial charge in [0.05, 0.1) is 12.1 Å². The molecule has 1 N–H and O–H groups in total. The molecule has 0 bridgehead atoms. The average Bonchev–Trinajstić information content (AvgIpc) is 2.89. The van der Waals surface area contributed by atoms with E-state index in [1.807, 2.05) is 4.68 Å². The maximum atomic E-state index is 10.8. The fourth-order valence-electron chi connectivity index (χ4n) is 1.74. The fourth-order valence-corrected chi connectivity index (χ4v) is 1.74. The van der Waals surface area contributed by atoms with Gasteiger partial charge in [-0.3, -0.25) is 0 Å². The number of hydrogen-bond acceptors (Lipinski definition) is 3. The minimum atomic E-state index is -0.919. The highest BCUT2D eigenvalue weighted by molar-refractivity contribution is 5.87. The first-order valence-electron chi connectivity index (χ1n) is 5.82. The van der Waals surface area contributed by atoms with E-state index in [1.165, 1.54) is 6.33 Å². The second-order valence-corrected chi connectivity index (χ2v) is 4.63. The molecule has 0 unspecified atom stereocenters. The fraction of sp³-hybridized carbons (Fsp3) is 0.417. The average molecular weight is 248 g/mol. The van der Waals surface area contributed by atoms with Gasteiger partial charge >= 0.3 is 5.97 Å². The minimum Gasteiger partial charge on any atom is -0.478 e. The standard InChI is InChI=1S/C12H16N4O2/c1-9(2)5-16-11(13-8-14-16)7-15-4-3-10(6-15)12(17)18/h3-4,6,8-9H,5,7H2,1-2H3,(H,17,18). The summed E-state index contributed by atoms with van der Waals surface area (Å²) >= 11 is 0. The van der Waals surface area contributed by atoms with Crippen LogP contribution in [0.1, 0.15) is 30.0 Å². The molecule has 0 fully saturated rings. The lowest BCUT2D eigenvalue weighted by molar-refractivity contribution is 0.0697. The summed E-state index contributed by atoms with van der Waals surface area (Å²) in [5, 5.41) is 13.0. The van der Waals surface area contributed by atoms with Crippen LogP contribution < -0.4 is 0 Å². The van der Waals surface area contributed by atoms with E-state index in [0.717, 1.165) is 12.4 Å². The van der Waals surface area contributed by atoms with Gasteiger partial charge in [-0.05, 0) is 12.0 Å². The quantitative estimate of drug-likeness (QED) is 0.869. The van der Waals surface area contributed by atoms with Crippen LogP contribution in [0.25, 0.3) is 0 Å². The zero-order valence-electron chi connectivity index (χ0n) is 10.4. The third kappa shape index (κ3) is 2.77. The van der Waals surface area contributed by atoms with Crippen molar-refractivity contribution in [3.63, 3.8) is 0 Å². The second-order valence-electron chi connectivity index (χ2n) is 4.63. The van der Waals surface area contributed by atoms with Crippen LogP contribution in [-0.2, 0) is 13.1 Å². The molecule has 0 aromatic carbocycles. The summed E-state index contributed by atoms with van der Waals surface area (Å²) in [5.74, 6) is 0.401. The third-order valence-electron chi connectivity index (χ3n) is 2.56. The van der Waals surface area contributed by atoms with Gasteiger partial charge in [-0.25, -0.2) is 14.5 Å². The summed E-state index contributed by atoms with van der Waals surface area (Å²) in [5.41, 5.74) is 0.282. The number of aromatic carboxylic acids is 1. The molecule has 0 aliphatic rings. The number of carbonyl (C=O) groups is 1. The maximum Gasteiger partial charge on any atom is 0.337 e. The predicted octanol–water partition coefficient (Wildman–Crippen LogP) is 1.48. The van der Waals surface area contributed by atoms with Crippen molar-refractivity contribution in [2.75, 3.05) is 0 Å². The number of hydrogen-bond donors (Lipinski definition) is 1. The van der Waals surface area contributed by atoms with Gasteiger partial charge in [0.2, 0.25) is 0 Å². The Morgan fingerprint density at radius 1 is 1.50 bits per heavy atom. The Morgan fingerprint density at radius 2 is 2.28 bits per heavy atom. The molecule has 0 aliphatic heterocycles. The lowest BCUT2D eigenvalue weighted by atomic mass is 10.2.